The Kier molecular flexibility index (Phi) is 4.08. The van der Waals surface area contributed by atoms with Gasteiger partial charge in [0.15, 0.2) is 6.10 Å². The first kappa shape index (κ1) is 9.52. The molecule has 3 nitrogen and oxygen atoms in total. The van der Waals surface area contributed by atoms with Crippen molar-refractivity contribution in [3.05, 3.63) is 0 Å². The van der Waals surface area contributed by atoms with E-state index in [1.807, 2.05) is 0 Å². The van der Waals surface area contributed by atoms with Gasteiger partial charge in [0.25, 0.3) is 0 Å². The fourth-order valence-corrected chi connectivity index (χ4v) is 1.21. The summed E-state index contributed by atoms with van der Waals surface area (Å²) in [4.78, 5) is 10.9. The third-order valence-corrected chi connectivity index (χ3v) is 1.95. The largest absolute Gasteiger partial charge is 0.464 e. The highest BCUT2D eigenvalue weighted by atomic mass is 16.6. The van der Waals surface area contributed by atoms with E-state index < -0.39 is 0 Å². The van der Waals surface area contributed by atoms with Gasteiger partial charge in [0.2, 0.25) is 0 Å². The normalized spacial score (nSPS) is 22.8. The number of carbonyl (C=O) groups is 1. The van der Waals surface area contributed by atoms with Crippen molar-refractivity contribution in [2.75, 3.05) is 13.2 Å². The second-order valence-corrected chi connectivity index (χ2v) is 3.02. The molecule has 1 aliphatic heterocycles. The maximum Gasteiger partial charge on any atom is 0.335 e. The van der Waals surface area contributed by atoms with Gasteiger partial charge >= 0.3 is 5.97 Å². The molecule has 12 heavy (non-hydrogen) atoms. The predicted octanol–water partition coefficient (Wildman–Crippen LogP) is 1.51. The van der Waals surface area contributed by atoms with Crippen LogP contribution < -0.4 is 0 Å². The van der Waals surface area contributed by atoms with Crippen molar-refractivity contribution in [1.82, 2.24) is 0 Å². The Morgan fingerprint density at radius 2 is 2.42 bits per heavy atom. The van der Waals surface area contributed by atoms with Gasteiger partial charge in [-0.25, -0.2) is 4.79 Å². The Balaban J connectivity index is 2.02. The maximum absolute atomic E-state index is 10.9. The van der Waals surface area contributed by atoms with Crippen LogP contribution in [0.25, 0.3) is 0 Å². The van der Waals surface area contributed by atoms with Gasteiger partial charge in [0.1, 0.15) is 0 Å². The summed E-state index contributed by atoms with van der Waals surface area (Å²) in [6.45, 7) is 3.36. The molecule has 0 aromatic carbocycles. The van der Waals surface area contributed by atoms with Crippen LogP contribution >= 0.6 is 0 Å². The van der Waals surface area contributed by atoms with Gasteiger partial charge < -0.3 is 9.47 Å². The predicted molar refractivity (Wildman–Crippen MR) is 44.8 cm³/mol. The SMILES string of the molecule is CCCCCO[C@H]1CCOC1=O. The van der Waals surface area contributed by atoms with E-state index in [0.29, 0.717) is 13.2 Å². The first-order valence-corrected chi connectivity index (χ1v) is 4.63. The highest BCUT2D eigenvalue weighted by molar-refractivity contribution is 5.76. The molecule has 1 rings (SSSR count). The second-order valence-electron chi connectivity index (χ2n) is 3.02. The van der Waals surface area contributed by atoms with E-state index in [1.54, 1.807) is 0 Å². The molecule has 0 amide bonds. The average Bonchev–Trinajstić information content (AvgIpc) is 2.46. The van der Waals surface area contributed by atoms with Crippen LogP contribution in [0.5, 0.6) is 0 Å². The topological polar surface area (TPSA) is 35.5 Å². The van der Waals surface area contributed by atoms with Crippen LogP contribution in [0, 0.1) is 0 Å². The quantitative estimate of drug-likeness (QED) is 0.466. The molecule has 0 radical (unpaired) electrons. The summed E-state index contributed by atoms with van der Waals surface area (Å²) >= 11 is 0. The van der Waals surface area contributed by atoms with Gasteiger partial charge in [-0.2, -0.15) is 0 Å². The fraction of sp³-hybridized carbons (Fsp3) is 0.889. The van der Waals surface area contributed by atoms with E-state index in [1.165, 1.54) is 12.8 Å². The molecule has 0 saturated carbocycles. The summed E-state index contributed by atoms with van der Waals surface area (Å²) in [5.74, 6) is -0.188. The molecular formula is C9H16O3. The van der Waals surface area contributed by atoms with Crippen LogP contribution in [0.2, 0.25) is 0 Å². The number of hydrogen-bond acceptors (Lipinski definition) is 3. The van der Waals surface area contributed by atoms with Crippen LogP contribution in [-0.2, 0) is 14.3 Å². The van der Waals surface area contributed by atoms with Crippen molar-refractivity contribution in [1.29, 1.82) is 0 Å². The van der Waals surface area contributed by atoms with Crippen molar-refractivity contribution < 1.29 is 14.3 Å². The molecule has 1 atom stereocenters. The van der Waals surface area contributed by atoms with E-state index in [2.05, 4.69) is 6.92 Å². The molecule has 1 heterocycles. The van der Waals surface area contributed by atoms with Crippen LogP contribution in [0.4, 0.5) is 0 Å². The van der Waals surface area contributed by atoms with Crippen molar-refractivity contribution in [2.45, 2.75) is 38.7 Å². The summed E-state index contributed by atoms with van der Waals surface area (Å²) in [7, 11) is 0. The van der Waals surface area contributed by atoms with E-state index in [9.17, 15) is 4.79 Å². The minimum atomic E-state index is -0.276. The van der Waals surface area contributed by atoms with Gasteiger partial charge in [-0.05, 0) is 6.42 Å². The molecule has 1 aliphatic rings. The zero-order valence-electron chi connectivity index (χ0n) is 7.54. The molecule has 0 bridgehead atoms. The lowest BCUT2D eigenvalue weighted by atomic mass is 10.2. The number of unbranched alkanes of at least 4 members (excludes halogenated alkanes) is 2. The molecule has 0 spiro atoms. The van der Waals surface area contributed by atoms with Crippen molar-refractivity contribution in [2.24, 2.45) is 0 Å². The van der Waals surface area contributed by atoms with E-state index in [4.69, 9.17) is 9.47 Å². The Labute approximate surface area is 73.0 Å². The number of esters is 1. The summed E-state index contributed by atoms with van der Waals surface area (Å²) in [6.07, 6.45) is 3.84. The lowest BCUT2D eigenvalue weighted by molar-refractivity contribution is -0.147. The van der Waals surface area contributed by atoms with E-state index >= 15 is 0 Å². The number of carbonyl (C=O) groups excluding carboxylic acids is 1. The second kappa shape index (κ2) is 5.14. The van der Waals surface area contributed by atoms with Crippen LogP contribution in [0.15, 0.2) is 0 Å². The molecule has 0 N–H and O–H groups in total. The summed E-state index contributed by atoms with van der Waals surface area (Å²) in [5, 5.41) is 0. The molecule has 0 aromatic rings. The van der Waals surface area contributed by atoms with E-state index in [0.717, 1.165) is 12.8 Å². The van der Waals surface area contributed by atoms with Crippen LogP contribution in [-0.4, -0.2) is 25.3 Å². The van der Waals surface area contributed by atoms with E-state index in [-0.39, 0.29) is 12.1 Å². The first-order valence-electron chi connectivity index (χ1n) is 4.63. The monoisotopic (exact) mass is 172 g/mol. The summed E-state index contributed by atoms with van der Waals surface area (Å²) < 4.78 is 10.1. The van der Waals surface area contributed by atoms with Crippen molar-refractivity contribution >= 4 is 5.97 Å². The first-order chi connectivity index (χ1) is 5.84. The van der Waals surface area contributed by atoms with Gasteiger partial charge in [-0.1, -0.05) is 19.8 Å². The molecule has 1 saturated heterocycles. The third-order valence-electron chi connectivity index (χ3n) is 1.95. The van der Waals surface area contributed by atoms with Crippen LogP contribution in [0.1, 0.15) is 32.6 Å². The smallest absolute Gasteiger partial charge is 0.335 e. The van der Waals surface area contributed by atoms with Crippen LogP contribution in [0.3, 0.4) is 0 Å². The van der Waals surface area contributed by atoms with Gasteiger partial charge in [0, 0.05) is 13.0 Å². The Morgan fingerprint density at radius 1 is 1.58 bits per heavy atom. The minimum absolute atomic E-state index is 0.188. The number of hydrogen-bond donors (Lipinski definition) is 0. The molecular weight excluding hydrogens is 156 g/mol. The molecule has 70 valence electrons. The fourth-order valence-electron chi connectivity index (χ4n) is 1.21. The van der Waals surface area contributed by atoms with Gasteiger partial charge in [-0.15, -0.1) is 0 Å². The number of rotatable bonds is 5. The summed E-state index contributed by atoms with van der Waals surface area (Å²) in [5.41, 5.74) is 0. The Bertz CT molecular complexity index is 145. The molecule has 1 fully saturated rings. The van der Waals surface area contributed by atoms with Gasteiger partial charge in [0.05, 0.1) is 6.61 Å². The average molecular weight is 172 g/mol. The standard InChI is InChI=1S/C9H16O3/c1-2-3-4-6-11-8-5-7-12-9(8)10/h8H,2-7H2,1H3/t8-/m0/s1. The lowest BCUT2D eigenvalue weighted by Gasteiger charge is -2.06. The Hall–Kier alpha value is -0.570. The third kappa shape index (κ3) is 2.81. The maximum atomic E-state index is 10.9. The molecule has 3 heteroatoms. The Morgan fingerprint density at radius 3 is 3.00 bits per heavy atom. The van der Waals surface area contributed by atoms with Crippen molar-refractivity contribution in [3.8, 4) is 0 Å². The number of ether oxygens (including phenoxy) is 2. The highest BCUT2D eigenvalue weighted by Crippen LogP contribution is 2.10. The minimum Gasteiger partial charge on any atom is -0.464 e. The zero-order valence-corrected chi connectivity index (χ0v) is 7.54. The molecule has 0 aromatic heterocycles. The highest BCUT2D eigenvalue weighted by Gasteiger charge is 2.26. The molecule has 0 aliphatic carbocycles. The van der Waals surface area contributed by atoms with Gasteiger partial charge in [-0.3, -0.25) is 0 Å². The summed E-state index contributed by atoms with van der Waals surface area (Å²) in [6, 6.07) is 0. The molecule has 0 unspecified atom stereocenters. The lowest BCUT2D eigenvalue weighted by Crippen LogP contribution is -2.18. The van der Waals surface area contributed by atoms with Crippen molar-refractivity contribution in [3.63, 3.8) is 0 Å². The zero-order chi connectivity index (χ0) is 8.81. The number of cyclic esters (lactones) is 1.